The normalized spacial score (nSPS) is 15.6. The smallest absolute Gasteiger partial charge is 0.335 e. The fourth-order valence-corrected chi connectivity index (χ4v) is 4.07. The molecule has 0 saturated carbocycles. The molecule has 29 heavy (non-hydrogen) atoms. The molecule has 5 heteroatoms. The second-order valence-electron chi connectivity index (χ2n) is 7.81. The average molecular weight is 389 g/mol. The molecule has 0 bridgehead atoms. The number of carboxylic acid groups (broad SMARTS) is 1. The van der Waals surface area contributed by atoms with Crippen molar-refractivity contribution in [3.63, 3.8) is 0 Å². The Labute approximate surface area is 171 Å². The van der Waals surface area contributed by atoms with Crippen LogP contribution in [0.25, 0.3) is 22.0 Å². The van der Waals surface area contributed by atoms with E-state index in [1.807, 2.05) is 24.4 Å². The number of rotatable bonds is 6. The van der Waals surface area contributed by atoms with Gasteiger partial charge >= 0.3 is 5.97 Å². The average Bonchev–Trinajstić information content (AvgIpc) is 2.75. The molecule has 3 aromatic rings. The van der Waals surface area contributed by atoms with Gasteiger partial charge in [0.05, 0.1) is 11.1 Å². The molecule has 1 aliphatic heterocycles. The van der Waals surface area contributed by atoms with Gasteiger partial charge in [-0.05, 0) is 55.8 Å². The van der Waals surface area contributed by atoms with E-state index in [-0.39, 0.29) is 0 Å². The van der Waals surface area contributed by atoms with Crippen molar-refractivity contribution in [2.24, 2.45) is 0 Å². The summed E-state index contributed by atoms with van der Waals surface area (Å²) >= 11 is 0. The number of aryl methyl sites for hydroxylation is 1. The third-order valence-electron chi connectivity index (χ3n) is 5.80. The van der Waals surface area contributed by atoms with Gasteiger partial charge in [0, 0.05) is 43.3 Å². The van der Waals surface area contributed by atoms with Crippen molar-refractivity contribution in [3.05, 3.63) is 65.9 Å². The topological polar surface area (TPSA) is 56.7 Å². The third kappa shape index (κ3) is 4.47. The number of aromatic carboxylic acids is 1. The summed E-state index contributed by atoms with van der Waals surface area (Å²) in [6, 6.07) is 15.4. The first-order valence-electron chi connectivity index (χ1n) is 10.2. The molecule has 0 atom stereocenters. The fraction of sp³-hybridized carbons (Fsp3) is 0.333. The van der Waals surface area contributed by atoms with Gasteiger partial charge in [-0.25, -0.2) is 4.79 Å². The van der Waals surface area contributed by atoms with Crippen molar-refractivity contribution >= 4 is 16.9 Å². The van der Waals surface area contributed by atoms with E-state index in [4.69, 9.17) is 0 Å². The van der Waals surface area contributed by atoms with Crippen LogP contribution in [0, 0.1) is 0 Å². The highest BCUT2D eigenvalue weighted by Gasteiger charge is 2.14. The Morgan fingerprint density at radius 2 is 1.86 bits per heavy atom. The largest absolute Gasteiger partial charge is 0.478 e. The Hall–Kier alpha value is -2.76. The van der Waals surface area contributed by atoms with Gasteiger partial charge < -0.3 is 14.9 Å². The standard InChI is InChI=1S/C24H27N3O2/c1-26-13-15-27(16-14-26)12-4-7-18-10-11-25-23-21(18)8-3-9-22(23)19-5-2-6-20(17-19)24(28)29/h2-3,5-6,8-11,17H,4,7,12-16H2,1H3,(H,28,29). The van der Waals surface area contributed by atoms with E-state index < -0.39 is 5.97 Å². The highest BCUT2D eigenvalue weighted by atomic mass is 16.4. The van der Waals surface area contributed by atoms with Crippen molar-refractivity contribution < 1.29 is 9.90 Å². The summed E-state index contributed by atoms with van der Waals surface area (Å²) in [6.07, 6.45) is 4.02. The van der Waals surface area contributed by atoms with Crippen LogP contribution >= 0.6 is 0 Å². The number of carboxylic acids is 1. The van der Waals surface area contributed by atoms with Crippen LogP contribution in [0.5, 0.6) is 0 Å². The van der Waals surface area contributed by atoms with Crippen molar-refractivity contribution in [3.8, 4) is 11.1 Å². The van der Waals surface area contributed by atoms with Crippen LogP contribution < -0.4 is 0 Å². The zero-order chi connectivity index (χ0) is 20.2. The van der Waals surface area contributed by atoms with E-state index in [1.54, 1.807) is 18.2 Å². The first-order chi connectivity index (χ1) is 14.1. The predicted octanol–water partition coefficient (Wildman–Crippen LogP) is 3.78. The maximum atomic E-state index is 11.3. The van der Waals surface area contributed by atoms with E-state index >= 15 is 0 Å². The first-order valence-corrected chi connectivity index (χ1v) is 10.2. The van der Waals surface area contributed by atoms with Crippen LogP contribution in [-0.4, -0.2) is 65.6 Å². The Morgan fingerprint density at radius 1 is 1.07 bits per heavy atom. The summed E-state index contributed by atoms with van der Waals surface area (Å²) in [5.41, 5.74) is 4.40. The van der Waals surface area contributed by atoms with Gasteiger partial charge in [0.1, 0.15) is 0 Å². The molecule has 0 amide bonds. The second kappa shape index (κ2) is 8.72. The lowest BCUT2D eigenvalue weighted by Gasteiger charge is -2.32. The summed E-state index contributed by atoms with van der Waals surface area (Å²) in [5, 5.41) is 10.5. The maximum Gasteiger partial charge on any atom is 0.335 e. The van der Waals surface area contributed by atoms with Gasteiger partial charge in [-0.15, -0.1) is 0 Å². The maximum absolute atomic E-state index is 11.3. The second-order valence-corrected chi connectivity index (χ2v) is 7.81. The molecule has 2 heterocycles. The zero-order valence-electron chi connectivity index (χ0n) is 16.8. The lowest BCUT2D eigenvalue weighted by molar-refractivity contribution is 0.0697. The van der Waals surface area contributed by atoms with E-state index in [9.17, 15) is 9.90 Å². The summed E-state index contributed by atoms with van der Waals surface area (Å²) < 4.78 is 0. The van der Waals surface area contributed by atoms with Gasteiger partial charge in [-0.1, -0.05) is 30.3 Å². The molecule has 1 aromatic heterocycles. The molecule has 0 aliphatic carbocycles. The Balaban J connectivity index is 1.55. The molecule has 0 spiro atoms. The number of benzene rings is 2. The predicted molar refractivity (Wildman–Crippen MR) is 116 cm³/mol. The van der Waals surface area contributed by atoms with Gasteiger partial charge in [-0.3, -0.25) is 4.98 Å². The van der Waals surface area contributed by atoms with E-state index in [0.29, 0.717) is 5.56 Å². The van der Waals surface area contributed by atoms with Gasteiger partial charge in [0.25, 0.3) is 0 Å². The van der Waals surface area contributed by atoms with Crippen LogP contribution in [0.2, 0.25) is 0 Å². The molecule has 5 nitrogen and oxygen atoms in total. The fourth-order valence-electron chi connectivity index (χ4n) is 4.07. The molecular weight excluding hydrogens is 362 g/mol. The highest BCUT2D eigenvalue weighted by Crippen LogP contribution is 2.30. The van der Waals surface area contributed by atoms with Crippen molar-refractivity contribution in [2.45, 2.75) is 12.8 Å². The summed E-state index contributed by atoms with van der Waals surface area (Å²) in [7, 11) is 2.18. The summed E-state index contributed by atoms with van der Waals surface area (Å²) in [5.74, 6) is -0.912. The number of hydrogen-bond acceptors (Lipinski definition) is 4. The number of piperazine rings is 1. The minimum atomic E-state index is -0.912. The highest BCUT2D eigenvalue weighted by molar-refractivity contribution is 5.97. The number of pyridine rings is 1. The van der Waals surface area contributed by atoms with Crippen LogP contribution in [-0.2, 0) is 6.42 Å². The van der Waals surface area contributed by atoms with Crippen molar-refractivity contribution in [2.75, 3.05) is 39.8 Å². The zero-order valence-corrected chi connectivity index (χ0v) is 16.8. The molecule has 150 valence electrons. The Kier molecular flexibility index (Phi) is 5.88. The quantitative estimate of drug-likeness (QED) is 0.695. The number of nitrogens with zero attached hydrogens (tertiary/aromatic N) is 3. The van der Waals surface area contributed by atoms with E-state index in [0.717, 1.165) is 67.6 Å². The third-order valence-corrected chi connectivity index (χ3v) is 5.80. The van der Waals surface area contributed by atoms with Gasteiger partial charge in [0.2, 0.25) is 0 Å². The Bertz CT molecular complexity index is 1010. The molecule has 4 rings (SSSR count). The van der Waals surface area contributed by atoms with Crippen LogP contribution in [0.3, 0.4) is 0 Å². The molecule has 2 aromatic carbocycles. The molecule has 1 aliphatic rings. The number of hydrogen-bond donors (Lipinski definition) is 1. The molecule has 0 radical (unpaired) electrons. The molecule has 0 unspecified atom stereocenters. The number of likely N-dealkylation sites (N-methyl/N-ethyl adjacent to an activating group) is 1. The van der Waals surface area contributed by atoms with Gasteiger partial charge in [0.15, 0.2) is 0 Å². The minimum absolute atomic E-state index is 0.294. The molecule has 1 saturated heterocycles. The van der Waals surface area contributed by atoms with E-state index in [1.165, 1.54) is 5.56 Å². The lowest BCUT2D eigenvalue weighted by atomic mass is 9.97. The van der Waals surface area contributed by atoms with Crippen LogP contribution in [0.15, 0.2) is 54.7 Å². The summed E-state index contributed by atoms with van der Waals surface area (Å²) in [4.78, 5) is 20.9. The first kappa shape index (κ1) is 19.6. The van der Waals surface area contributed by atoms with Gasteiger partial charge in [-0.2, -0.15) is 0 Å². The molecule has 1 N–H and O–H groups in total. The van der Waals surface area contributed by atoms with Crippen molar-refractivity contribution in [1.29, 1.82) is 0 Å². The van der Waals surface area contributed by atoms with E-state index in [2.05, 4.69) is 34.0 Å². The minimum Gasteiger partial charge on any atom is -0.478 e. The number of para-hydroxylation sites is 1. The number of carbonyl (C=O) groups is 1. The number of aromatic nitrogens is 1. The monoisotopic (exact) mass is 389 g/mol. The van der Waals surface area contributed by atoms with Crippen LogP contribution in [0.1, 0.15) is 22.3 Å². The lowest BCUT2D eigenvalue weighted by Crippen LogP contribution is -2.44. The molecule has 1 fully saturated rings. The number of fused-ring (bicyclic) bond motifs is 1. The summed E-state index contributed by atoms with van der Waals surface area (Å²) in [6.45, 7) is 5.72. The Morgan fingerprint density at radius 3 is 2.66 bits per heavy atom. The SMILES string of the molecule is CN1CCN(CCCc2ccnc3c(-c4cccc(C(=O)O)c4)cccc23)CC1. The van der Waals surface area contributed by atoms with Crippen LogP contribution in [0.4, 0.5) is 0 Å². The van der Waals surface area contributed by atoms with Crippen molar-refractivity contribution in [1.82, 2.24) is 14.8 Å². The molecular formula is C24H27N3O2.